The fourth-order valence-electron chi connectivity index (χ4n) is 1.71. The molecule has 4 heteroatoms. The largest absolute Gasteiger partial charge is 0.481 e. The number of nitrogens with one attached hydrogen (secondary N) is 1. The van der Waals surface area contributed by atoms with Gasteiger partial charge in [0.15, 0.2) is 0 Å². The number of hydrogen-bond acceptors (Lipinski definition) is 4. The lowest BCUT2D eigenvalue weighted by Gasteiger charge is -2.10. The Morgan fingerprint density at radius 3 is 2.78 bits per heavy atom. The number of nitrogen functional groups attached to an aromatic ring is 1. The average Bonchev–Trinajstić information content (AvgIpc) is 2.41. The molecule has 0 aliphatic heterocycles. The first-order valence-electron chi connectivity index (χ1n) is 5.79. The van der Waals surface area contributed by atoms with E-state index in [1.165, 1.54) is 5.56 Å². The van der Waals surface area contributed by atoms with E-state index in [4.69, 9.17) is 10.5 Å². The summed E-state index contributed by atoms with van der Waals surface area (Å²) in [6.07, 6.45) is 0. The Balaban J connectivity index is 2.09. The maximum absolute atomic E-state index is 5.87. The lowest BCUT2D eigenvalue weighted by atomic mass is 10.1. The molecule has 4 nitrogen and oxygen atoms in total. The molecule has 2 rings (SSSR count). The summed E-state index contributed by atoms with van der Waals surface area (Å²) in [6.45, 7) is 2.71. The third-order valence-corrected chi connectivity index (χ3v) is 2.88. The fraction of sp³-hybridized carbons (Fsp3) is 0.214. The number of ether oxygens (including phenoxy) is 1. The van der Waals surface area contributed by atoms with Crippen molar-refractivity contribution in [3.63, 3.8) is 0 Å². The quantitative estimate of drug-likeness (QED) is 0.810. The van der Waals surface area contributed by atoms with E-state index in [0.29, 0.717) is 12.4 Å². The minimum atomic E-state index is 0.601. The molecule has 18 heavy (non-hydrogen) atoms. The van der Waals surface area contributed by atoms with Crippen molar-refractivity contribution in [3.05, 3.63) is 47.5 Å². The molecule has 1 aromatic carbocycles. The molecule has 0 aliphatic rings. The van der Waals surface area contributed by atoms with Crippen molar-refractivity contribution < 1.29 is 4.74 Å². The van der Waals surface area contributed by atoms with Crippen LogP contribution in [0.5, 0.6) is 5.88 Å². The molecule has 0 amide bonds. The Morgan fingerprint density at radius 1 is 1.22 bits per heavy atom. The maximum Gasteiger partial charge on any atom is 0.214 e. The second kappa shape index (κ2) is 5.40. The van der Waals surface area contributed by atoms with Gasteiger partial charge < -0.3 is 15.8 Å². The summed E-state index contributed by atoms with van der Waals surface area (Å²) in [6, 6.07) is 11.5. The summed E-state index contributed by atoms with van der Waals surface area (Å²) in [7, 11) is 1.61. The van der Waals surface area contributed by atoms with Crippen LogP contribution >= 0.6 is 0 Å². The number of anilines is 2. The number of methoxy groups -OCH3 is 1. The highest BCUT2D eigenvalue weighted by molar-refractivity contribution is 5.51. The fourth-order valence-corrected chi connectivity index (χ4v) is 1.71. The van der Waals surface area contributed by atoms with E-state index in [1.807, 2.05) is 37.3 Å². The predicted molar refractivity (Wildman–Crippen MR) is 73.7 cm³/mol. The van der Waals surface area contributed by atoms with Gasteiger partial charge in [0.25, 0.3) is 0 Å². The van der Waals surface area contributed by atoms with E-state index in [-0.39, 0.29) is 0 Å². The van der Waals surface area contributed by atoms with E-state index < -0.39 is 0 Å². The van der Waals surface area contributed by atoms with Crippen LogP contribution in [-0.2, 0) is 6.54 Å². The molecular formula is C14H17N3O. The molecule has 0 unspecified atom stereocenters. The summed E-state index contributed by atoms with van der Waals surface area (Å²) < 4.78 is 5.08. The minimum absolute atomic E-state index is 0.601. The van der Waals surface area contributed by atoms with Crippen molar-refractivity contribution in [2.75, 3.05) is 18.2 Å². The van der Waals surface area contributed by atoms with Gasteiger partial charge >= 0.3 is 0 Å². The number of pyridine rings is 1. The molecule has 0 bridgehead atoms. The zero-order chi connectivity index (χ0) is 13.0. The van der Waals surface area contributed by atoms with Gasteiger partial charge in [0.2, 0.25) is 5.88 Å². The topological polar surface area (TPSA) is 60.2 Å². The van der Waals surface area contributed by atoms with Crippen LogP contribution in [0.4, 0.5) is 11.5 Å². The predicted octanol–water partition coefficient (Wildman–Crippen LogP) is 2.59. The molecule has 3 N–H and O–H groups in total. The molecule has 1 heterocycles. The lowest BCUT2D eigenvalue weighted by molar-refractivity contribution is 0.398. The van der Waals surface area contributed by atoms with Gasteiger partial charge in [-0.05, 0) is 30.2 Å². The Bertz CT molecular complexity index is 540. The summed E-state index contributed by atoms with van der Waals surface area (Å²) >= 11 is 0. The Labute approximate surface area is 107 Å². The third kappa shape index (κ3) is 2.71. The highest BCUT2D eigenvalue weighted by Crippen LogP contribution is 2.17. The van der Waals surface area contributed by atoms with Crippen LogP contribution in [0, 0.1) is 6.92 Å². The van der Waals surface area contributed by atoms with Gasteiger partial charge in [-0.3, -0.25) is 0 Å². The van der Waals surface area contributed by atoms with Gasteiger partial charge in [-0.25, -0.2) is 0 Å². The van der Waals surface area contributed by atoms with Crippen LogP contribution < -0.4 is 15.8 Å². The summed E-state index contributed by atoms with van der Waals surface area (Å²) in [5.74, 6) is 1.39. The van der Waals surface area contributed by atoms with Gasteiger partial charge in [0.1, 0.15) is 5.82 Å². The van der Waals surface area contributed by atoms with Crippen molar-refractivity contribution in [1.82, 2.24) is 4.98 Å². The summed E-state index contributed by atoms with van der Waals surface area (Å²) in [5, 5.41) is 3.26. The SMILES string of the molecule is COc1cccc(NCc2cccc(N)c2C)n1. The molecule has 0 fully saturated rings. The second-order valence-electron chi connectivity index (χ2n) is 4.05. The molecule has 94 valence electrons. The number of benzene rings is 1. The highest BCUT2D eigenvalue weighted by Gasteiger charge is 2.02. The van der Waals surface area contributed by atoms with Gasteiger partial charge in [-0.15, -0.1) is 0 Å². The van der Waals surface area contributed by atoms with Crippen molar-refractivity contribution in [3.8, 4) is 5.88 Å². The molecule has 0 saturated heterocycles. The first-order chi connectivity index (χ1) is 8.70. The van der Waals surface area contributed by atoms with Gasteiger partial charge in [0, 0.05) is 18.3 Å². The van der Waals surface area contributed by atoms with Crippen molar-refractivity contribution in [2.24, 2.45) is 0 Å². The Kier molecular flexibility index (Phi) is 3.67. The van der Waals surface area contributed by atoms with Crippen LogP contribution in [0.2, 0.25) is 0 Å². The van der Waals surface area contributed by atoms with Crippen molar-refractivity contribution >= 4 is 11.5 Å². The first kappa shape index (κ1) is 12.2. The van der Waals surface area contributed by atoms with Crippen LogP contribution in [-0.4, -0.2) is 12.1 Å². The monoisotopic (exact) mass is 243 g/mol. The van der Waals surface area contributed by atoms with E-state index >= 15 is 0 Å². The van der Waals surface area contributed by atoms with Crippen LogP contribution in [0.15, 0.2) is 36.4 Å². The summed E-state index contributed by atoms with van der Waals surface area (Å²) in [5.41, 5.74) is 8.96. The van der Waals surface area contributed by atoms with Crippen LogP contribution in [0.1, 0.15) is 11.1 Å². The third-order valence-electron chi connectivity index (χ3n) is 2.88. The molecule has 0 aliphatic carbocycles. The van der Waals surface area contributed by atoms with E-state index in [2.05, 4.69) is 16.4 Å². The van der Waals surface area contributed by atoms with Gasteiger partial charge in [-0.1, -0.05) is 18.2 Å². The van der Waals surface area contributed by atoms with E-state index in [9.17, 15) is 0 Å². The van der Waals surface area contributed by atoms with E-state index in [0.717, 1.165) is 17.1 Å². The van der Waals surface area contributed by atoms with Gasteiger partial charge in [0.05, 0.1) is 7.11 Å². The number of hydrogen-bond donors (Lipinski definition) is 2. The molecule has 0 saturated carbocycles. The van der Waals surface area contributed by atoms with E-state index in [1.54, 1.807) is 7.11 Å². The van der Waals surface area contributed by atoms with Crippen molar-refractivity contribution in [2.45, 2.75) is 13.5 Å². The molecular weight excluding hydrogens is 226 g/mol. The zero-order valence-corrected chi connectivity index (χ0v) is 10.6. The standard InChI is InChI=1S/C14H17N3O/c1-10-11(5-3-6-12(10)15)9-16-13-7-4-8-14(17-13)18-2/h3-8H,9,15H2,1-2H3,(H,16,17). The molecule has 0 spiro atoms. The minimum Gasteiger partial charge on any atom is -0.481 e. The zero-order valence-electron chi connectivity index (χ0n) is 10.6. The van der Waals surface area contributed by atoms with Crippen LogP contribution in [0.25, 0.3) is 0 Å². The first-order valence-corrected chi connectivity index (χ1v) is 5.79. The highest BCUT2D eigenvalue weighted by atomic mass is 16.5. The molecule has 1 aromatic heterocycles. The van der Waals surface area contributed by atoms with Crippen molar-refractivity contribution in [1.29, 1.82) is 0 Å². The lowest BCUT2D eigenvalue weighted by Crippen LogP contribution is -2.04. The summed E-state index contributed by atoms with van der Waals surface area (Å²) in [4.78, 5) is 4.29. The smallest absolute Gasteiger partial charge is 0.214 e. The Hall–Kier alpha value is -2.23. The number of nitrogens with two attached hydrogens (primary N) is 1. The number of rotatable bonds is 4. The maximum atomic E-state index is 5.87. The number of nitrogens with zero attached hydrogens (tertiary/aromatic N) is 1. The van der Waals surface area contributed by atoms with Crippen LogP contribution in [0.3, 0.4) is 0 Å². The number of aromatic nitrogens is 1. The Morgan fingerprint density at radius 2 is 2.00 bits per heavy atom. The second-order valence-corrected chi connectivity index (χ2v) is 4.05. The molecule has 0 atom stereocenters. The average molecular weight is 243 g/mol. The molecule has 2 aromatic rings. The molecule has 0 radical (unpaired) electrons. The normalized spacial score (nSPS) is 10.1. The van der Waals surface area contributed by atoms with Gasteiger partial charge in [-0.2, -0.15) is 4.98 Å².